The number of aryl methyl sites for hydroxylation is 1. The molecule has 3 rings (SSSR count). The van der Waals surface area contributed by atoms with Gasteiger partial charge in [-0.15, -0.1) is 0 Å². The Morgan fingerprint density at radius 3 is 3.04 bits per heavy atom. The maximum atomic E-state index is 11.9. The molecule has 120 valence electrons. The number of carbonyl (C=O) groups excluding carboxylic acids is 1. The number of methoxy groups -OCH3 is 1. The van der Waals surface area contributed by atoms with Crippen molar-refractivity contribution in [3.05, 3.63) is 41.1 Å². The van der Waals surface area contributed by atoms with Gasteiger partial charge in [-0.05, 0) is 30.1 Å². The fraction of sp³-hybridized carbons (Fsp3) is 0.357. The summed E-state index contributed by atoms with van der Waals surface area (Å²) in [5.41, 5.74) is 3.09. The molecule has 0 aliphatic heterocycles. The molecule has 0 aliphatic rings. The third kappa shape index (κ3) is 3.34. The quantitative estimate of drug-likeness (QED) is 0.707. The highest BCUT2D eigenvalue weighted by molar-refractivity contribution is 5.92. The summed E-state index contributed by atoms with van der Waals surface area (Å²) in [4.78, 5) is 16.4. The van der Waals surface area contributed by atoms with Crippen molar-refractivity contribution in [2.75, 3.05) is 13.7 Å². The summed E-state index contributed by atoms with van der Waals surface area (Å²) in [5.74, 6) is -0.352. The zero-order valence-electron chi connectivity index (χ0n) is 12.8. The normalized spacial score (nSPS) is 11.0. The number of carbonyl (C=O) groups is 1. The minimum Gasteiger partial charge on any atom is -0.384 e. The minimum atomic E-state index is -0.352. The van der Waals surface area contributed by atoms with Gasteiger partial charge >= 0.3 is 0 Å². The summed E-state index contributed by atoms with van der Waals surface area (Å²) in [6.07, 6.45) is 4.32. The lowest BCUT2D eigenvalue weighted by molar-refractivity contribution is 0.0940. The molecule has 3 heterocycles. The molecule has 0 aromatic carbocycles. The van der Waals surface area contributed by atoms with Gasteiger partial charge in [0.05, 0.1) is 31.2 Å². The number of hydrogen-bond acceptors (Lipinski definition) is 7. The van der Waals surface area contributed by atoms with Crippen LogP contribution in [-0.4, -0.2) is 44.5 Å². The summed E-state index contributed by atoms with van der Waals surface area (Å²) >= 11 is 0. The second kappa shape index (κ2) is 6.53. The summed E-state index contributed by atoms with van der Waals surface area (Å²) in [5, 5.41) is 14.2. The molecule has 0 spiro atoms. The van der Waals surface area contributed by atoms with Crippen LogP contribution in [0.15, 0.2) is 23.1 Å². The third-order valence-corrected chi connectivity index (χ3v) is 3.32. The summed E-state index contributed by atoms with van der Waals surface area (Å²) < 4.78 is 11.2. The summed E-state index contributed by atoms with van der Waals surface area (Å²) in [6, 6.07) is 1.95. The third-order valence-electron chi connectivity index (χ3n) is 3.32. The molecule has 1 N–H and O–H groups in total. The van der Waals surface area contributed by atoms with Crippen LogP contribution in [0.3, 0.4) is 0 Å². The second-order valence-electron chi connectivity index (χ2n) is 5.02. The lowest BCUT2D eigenvalue weighted by Gasteiger charge is -1.99. The fourth-order valence-corrected chi connectivity index (χ4v) is 2.10. The SMILES string of the molecule is COCCc1cnn2cc(CNC(=O)c3nonc3C)nc2c1. The Hall–Kier alpha value is -2.81. The number of nitrogens with one attached hydrogen (secondary N) is 1. The number of fused-ring (bicyclic) bond motifs is 1. The first-order valence-corrected chi connectivity index (χ1v) is 7.07. The molecule has 9 heteroatoms. The van der Waals surface area contributed by atoms with Crippen molar-refractivity contribution in [1.82, 2.24) is 30.2 Å². The lowest BCUT2D eigenvalue weighted by atomic mass is 10.2. The molecule has 0 radical (unpaired) electrons. The molecule has 0 atom stereocenters. The van der Waals surface area contributed by atoms with Gasteiger partial charge < -0.3 is 10.1 Å². The van der Waals surface area contributed by atoms with E-state index in [1.165, 1.54) is 0 Å². The fourth-order valence-electron chi connectivity index (χ4n) is 2.10. The number of nitrogens with zero attached hydrogens (tertiary/aromatic N) is 5. The minimum absolute atomic E-state index is 0.175. The number of rotatable bonds is 6. The Kier molecular flexibility index (Phi) is 4.29. The molecular weight excluding hydrogens is 300 g/mol. The molecule has 0 saturated heterocycles. The van der Waals surface area contributed by atoms with Crippen LogP contribution >= 0.6 is 0 Å². The molecule has 1 amide bonds. The van der Waals surface area contributed by atoms with Crippen molar-refractivity contribution in [2.45, 2.75) is 19.9 Å². The Morgan fingerprint density at radius 2 is 2.30 bits per heavy atom. The van der Waals surface area contributed by atoms with Gasteiger partial charge in [0.2, 0.25) is 0 Å². The van der Waals surface area contributed by atoms with E-state index in [-0.39, 0.29) is 18.1 Å². The van der Waals surface area contributed by atoms with Crippen molar-refractivity contribution in [3.8, 4) is 0 Å². The van der Waals surface area contributed by atoms with E-state index in [0.717, 1.165) is 17.6 Å². The molecule has 3 aromatic rings. The monoisotopic (exact) mass is 316 g/mol. The van der Waals surface area contributed by atoms with Gasteiger partial charge in [-0.1, -0.05) is 5.16 Å². The van der Waals surface area contributed by atoms with Crippen LogP contribution in [0.25, 0.3) is 5.65 Å². The van der Waals surface area contributed by atoms with E-state index >= 15 is 0 Å². The molecule has 0 saturated carbocycles. The highest BCUT2D eigenvalue weighted by Crippen LogP contribution is 2.08. The van der Waals surface area contributed by atoms with Gasteiger partial charge in [0, 0.05) is 7.11 Å². The molecule has 3 aromatic heterocycles. The standard InChI is InChI=1S/C14H16N6O3/c1-9-13(19-23-18-9)14(21)15-7-11-8-20-12(17-11)5-10(6-16-20)3-4-22-2/h5-6,8H,3-4,7H2,1-2H3,(H,15,21). The molecule has 0 aliphatic carbocycles. The predicted octanol–water partition coefficient (Wildman–Crippen LogP) is 0.540. The number of imidazole rings is 1. The van der Waals surface area contributed by atoms with E-state index < -0.39 is 0 Å². The lowest BCUT2D eigenvalue weighted by Crippen LogP contribution is -2.24. The predicted molar refractivity (Wildman–Crippen MR) is 78.8 cm³/mol. The van der Waals surface area contributed by atoms with Crippen LogP contribution in [0, 0.1) is 6.92 Å². The smallest absolute Gasteiger partial charge is 0.275 e. The van der Waals surface area contributed by atoms with E-state index in [1.807, 2.05) is 6.07 Å². The van der Waals surface area contributed by atoms with E-state index in [4.69, 9.17) is 4.74 Å². The van der Waals surface area contributed by atoms with Crippen LogP contribution in [0.2, 0.25) is 0 Å². The Labute approximate surface area is 131 Å². The van der Waals surface area contributed by atoms with Crippen LogP contribution in [-0.2, 0) is 17.7 Å². The highest BCUT2D eigenvalue weighted by Gasteiger charge is 2.15. The van der Waals surface area contributed by atoms with Crippen LogP contribution in [0.1, 0.15) is 27.4 Å². The van der Waals surface area contributed by atoms with Gasteiger partial charge in [-0.2, -0.15) is 5.10 Å². The first-order chi connectivity index (χ1) is 11.2. The molecular formula is C14H16N6O3. The topological polar surface area (TPSA) is 107 Å². The molecule has 0 unspecified atom stereocenters. The van der Waals surface area contributed by atoms with Gasteiger partial charge in [0.25, 0.3) is 5.91 Å². The summed E-state index contributed by atoms with van der Waals surface area (Å²) in [7, 11) is 1.66. The van der Waals surface area contributed by atoms with Crippen LogP contribution in [0.4, 0.5) is 0 Å². The van der Waals surface area contributed by atoms with Crippen molar-refractivity contribution in [3.63, 3.8) is 0 Å². The van der Waals surface area contributed by atoms with E-state index in [2.05, 4.69) is 30.3 Å². The van der Waals surface area contributed by atoms with Crippen LogP contribution in [0.5, 0.6) is 0 Å². The maximum absolute atomic E-state index is 11.9. The first kappa shape index (κ1) is 15.1. The first-order valence-electron chi connectivity index (χ1n) is 7.07. The van der Waals surface area contributed by atoms with Gasteiger partial charge in [-0.3, -0.25) is 4.79 Å². The average Bonchev–Trinajstić information content (AvgIpc) is 3.15. The molecule has 0 fully saturated rings. The van der Waals surface area contributed by atoms with E-state index in [9.17, 15) is 4.79 Å². The van der Waals surface area contributed by atoms with Gasteiger partial charge in [0.1, 0.15) is 5.69 Å². The zero-order valence-corrected chi connectivity index (χ0v) is 12.8. The maximum Gasteiger partial charge on any atom is 0.275 e. The second-order valence-corrected chi connectivity index (χ2v) is 5.02. The van der Waals surface area contributed by atoms with Gasteiger partial charge in [-0.25, -0.2) is 14.1 Å². The summed E-state index contributed by atoms with van der Waals surface area (Å²) in [6.45, 7) is 2.55. The molecule has 0 bridgehead atoms. The number of hydrogen-bond donors (Lipinski definition) is 1. The van der Waals surface area contributed by atoms with Crippen molar-refractivity contribution >= 4 is 11.6 Å². The van der Waals surface area contributed by atoms with Crippen molar-refractivity contribution < 1.29 is 14.2 Å². The van der Waals surface area contributed by atoms with E-state index in [1.54, 1.807) is 30.9 Å². The van der Waals surface area contributed by atoms with Crippen molar-refractivity contribution in [2.24, 2.45) is 0 Å². The zero-order chi connectivity index (χ0) is 16.2. The number of aromatic nitrogens is 5. The van der Waals surface area contributed by atoms with Gasteiger partial charge in [0.15, 0.2) is 11.3 Å². The Balaban J connectivity index is 1.68. The van der Waals surface area contributed by atoms with E-state index in [0.29, 0.717) is 18.0 Å². The average molecular weight is 316 g/mol. The number of amides is 1. The highest BCUT2D eigenvalue weighted by atomic mass is 16.6. The Bertz CT molecular complexity index is 825. The van der Waals surface area contributed by atoms with Crippen molar-refractivity contribution in [1.29, 1.82) is 0 Å². The number of ether oxygens (including phenoxy) is 1. The largest absolute Gasteiger partial charge is 0.384 e. The molecule has 23 heavy (non-hydrogen) atoms. The van der Waals surface area contributed by atoms with Crippen LogP contribution < -0.4 is 5.32 Å². The Morgan fingerprint density at radius 1 is 1.43 bits per heavy atom. The molecule has 9 nitrogen and oxygen atoms in total.